The van der Waals surface area contributed by atoms with Crippen molar-refractivity contribution in [3.8, 4) is 5.88 Å². The molecule has 21 heteroatoms. The Hall–Kier alpha value is -7.26. The van der Waals surface area contributed by atoms with Gasteiger partial charge in [-0.2, -0.15) is 15.0 Å². The normalized spacial score (nSPS) is 17.0. The van der Waals surface area contributed by atoms with Gasteiger partial charge < -0.3 is 46.5 Å². The SMILES string of the molecule is Nc1nc(OCc2ccccc2)c2ncn([C@H]3C[C@H](OC(=O)CC[C@H](NC(=O)c4ccc(NCc5cnc6nc(N)[nH]c(=O)c6n5)cc4)C(=O)O)[C@@H](CO)O3)c2n1. The minimum Gasteiger partial charge on any atom is -0.480 e. The second kappa shape index (κ2) is 16.6. The second-order valence-electron chi connectivity index (χ2n) is 12.9. The first-order valence-corrected chi connectivity index (χ1v) is 17.6. The summed E-state index contributed by atoms with van der Waals surface area (Å²) in [5, 5.41) is 25.4. The lowest BCUT2D eigenvalue weighted by Crippen LogP contribution is -2.41. The molecule has 2 aromatic carbocycles. The molecule has 0 bridgehead atoms. The zero-order valence-electron chi connectivity index (χ0n) is 29.9. The molecule has 1 aliphatic heterocycles. The van der Waals surface area contributed by atoms with Crippen molar-refractivity contribution in [2.75, 3.05) is 23.4 Å². The highest BCUT2D eigenvalue weighted by Crippen LogP contribution is 2.34. The maximum absolute atomic E-state index is 13.0. The van der Waals surface area contributed by atoms with Crippen LogP contribution in [0, 0.1) is 0 Å². The first kappa shape index (κ1) is 38.0. The Balaban J connectivity index is 0.915. The van der Waals surface area contributed by atoms with Crippen LogP contribution in [-0.4, -0.2) is 92.4 Å². The van der Waals surface area contributed by atoms with E-state index in [2.05, 4.69) is 45.5 Å². The summed E-state index contributed by atoms with van der Waals surface area (Å²) in [7, 11) is 0. The number of fused-ring (bicyclic) bond motifs is 2. The average molecular weight is 781 g/mol. The number of aromatic nitrogens is 8. The van der Waals surface area contributed by atoms with Crippen LogP contribution < -0.4 is 32.4 Å². The third-order valence-corrected chi connectivity index (χ3v) is 8.93. The number of aliphatic hydroxyl groups is 1. The predicted octanol–water partition coefficient (Wildman–Crippen LogP) is 1.06. The van der Waals surface area contributed by atoms with E-state index in [9.17, 15) is 29.4 Å². The van der Waals surface area contributed by atoms with Crippen molar-refractivity contribution in [3.05, 3.63) is 94.3 Å². The number of benzene rings is 2. The van der Waals surface area contributed by atoms with Crippen molar-refractivity contribution < 1.29 is 38.8 Å². The number of aliphatic hydroxyl groups excluding tert-OH is 1. The molecule has 1 aliphatic rings. The second-order valence-corrected chi connectivity index (χ2v) is 12.9. The topological polar surface area (TPSA) is 311 Å². The number of carbonyl (C=O) groups excluding carboxylic acids is 2. The summed E-state index contributed by atoms with van der Waals surface area (Å²) in [5.74, 6) is -2.73. The minimum atomic E-state index is -1.41. The van der Waals surface area contributed by atoms with Crippen molar-refractivity contribution in [1.82, 2.24) is 44.8 Å². The number of aliphatic carboxylic acids is 1. The average Bonchev–Trinajstić information content (AvgIpc) is 3.81. The van der Waals surface area contributed by atoms with Crippen LogP contribution in [0.5, 0.6) is 5.88 Å². The maximum atomic E-state index is 13.0. The Morgan fingerprint density at radius 1 is 1.02 bits per heavy atom. The number of ether oxygens (including phenoxy) is 3. The fourth-order valence-electron chi connectivity index (χ4n) is 6.08. The fraction of sp³-hybridized carbons (Fsp3) is 0.278. The van der Waals surface area contributed by atoms with E-state index in [1.54, 1.807) is 16.7 Å². The lowest BCUT2D eigenvalue weighted by Gasteiger charge is -2.18. The van der Waals surface area contributed by atoms with Crippen molar-refractivity contribution >= 4 is 57.8 Å². The third-order valence-electron chi connectivity index (χ3n) is 8.93. The molecule has 1 saturated heterocycles. The minimum absolute atomic E-state index is 0.0362. The highest BCUT2D eigenvalue weighted by atomic mass is 16.6. The number of carbonyl (C=O) groups is 3. The number of imidazole rings is 1. The molecule has 0 saturated carbocycles. The van der Waals surface area contributed by atoms with Gasteiger partial charge in [0.15, 0.2) is 22.3 Å². The van der Waals surface area contributed by atoms with E-state index in [1.165, 1.54) is 24.7 Å². The van der Waals surface area contributed by atoms with E-state index >= 15 is 0 Å². The Labute approximate surface area is 321 Å². The molecule has 57 heavy (non-hydrogen) atoms. The number of nitrogens with two attached hydrogens (primary N) is 2. The molecule has 7 rings (SSSR count). The molecular formula is C36H36N12O9. The maximum Gasteiger partial charge on any atom is 0.326 e. The van der Waals surface area contributed by atoms with E-state index in [0.29, 0.717) is 22.5 Å². The van der Waals surface area contributed by atoms with Gasteiger partial charge in [0.1, 0.15) is 31.1 Å². The molecule has 4 aromatic heterocycles. The molecular weight excluding hydrogens is 744 g/mol. The van der Waals surface area contributed by atoms with E-state index in [1.807, 2.05) is 30.3 Å². The summed E-state index contributed by atoms with van der Waals surface area (Å²) < 4.78 is 19.1. The van der Waals surface area contributed by atoms with Crippen LogP contribution in [0.1, 0.15) is 47.1 Å². The molecule has 1 fully saturated rings. The lowest BCUT2D eigenvalue weighted by molar-refractivity contribution is -0.153. The number of nitrogens with zero attached hydrogens (tertiary/aromatic N) is 7. The highest BCUT2D eigenvalue weighted by molar-refractivity contribution is 5.97. The summed E-state index contributed by atoms with van der Waals surface area (Å²) in [5.41, 5.74) is 13.9. The molecule has 0 radical (unpaired) electrons. The van der Waals surface area contributed by atoms with E-state index in [-0.39, 0.29) is 66.9 Å². The van der Waals surface area contributed by atoms with Gasteiger partial charge in [-0.05, 0) is 36.2 Å². The van der Waals surface area contributed by atoms with Crippen LogP contribution in [0.2, 0.25) is 0 Å². The summed E-state index contributed by atoms with van der Waals surface area (Å²) in [4.78, 5) is 77.7. The van der Waals surface area contributed by atoms with E-state index in [4.69, 9.17) is 25.7 Å². The molecule has 294 valence electrons. The number of esters is 1. The van der Waals surface area contributed by atoms with Gasteiger partial charge in [-0.15, -0.1) is 0 Å². The predicted molar refractivity (Wildman–Crippen MR) is 200 cm³/mol. The van der Waals surface area contributed by atoms with Crippen LogP contribution in [-0.2, 0) is 32.2 Å². The Kier molecular flexibility index (Phi) is 11.1. The number of hydrogen-bond acceptors (Lipinski definition) is 17. The number of aromatic amines is 1. The smallest absolute Gasteiger partial charge is 0.326 e. The van der Waals surface area contributed by atoms with Crippen LogP contribution in [0.3, 0.4) is 0 Å². The quantitative estimate of drug-likeness (QED) is 0.0717. The van der Waals surface area contributed by atoms with Crippen molar-refractivity contribution in [1.29, 1.82) is 0 Å². The monoisotopic (exact) mass is 780 g/mol. The molecule has 0 aliphatic carbocycles. The molecule has 1 amide bonds. The fourth-order valence-corrected chi connectivity index (χ4v) is 6.08. The number of H-pyrrole nitrogens is 1. The standard InChI is InChI=1S/C36H36N12O9/c37-35-44-29-27(32(52)46-35)42-21(14-40-29)13-39-20-8-6-19(7-9-20)31(51)43-22(34(53)54)10-11-26(50)57-23-12-25(56-24(23)15-49)48-17-41-28-30(48)45-36(38)47-33(28)55-16-18-4-2-1-3-5-18/h1-9,14,17,22-25,39,49H,10-13,15-16H2,(H,43,51)(H,53,54)(H2,38,45,47)(H3,37,40,44,46,52)/t22-,23-,24+,25+/m0/s1. The highest BCUT2D eigenvalue weighted by Gasteiger charge is 2.39. The first-order valence-electron chi connectivity index (χ1n) is 17.6. The van der Waals surface area contributed by atoms with Gasteiger partial charge in [0.05, 0.1) is 31.4 Å². The number of hydrogen-bond donors (Lipinski definition) is 7. The van der Waals surface area contributed by atoms with E-state index < -0.39 is 54.5 Å². The third kappa shape index (κ3) is 8.84. The number of carboxylic acids is 1. The first-order chi connectivity index (χ1) is 27.5. The van der Waals surface area contributed by atoms with Gasteiger partial charge in [-0.25, -0.2) is 19.7 Å². The molecule has 4 atom stereocenters. The van der Waals surface area contributed by atoms with Gasteiger partial charge in [0, 0.05) is 24.1 Å². The molecule has 0 unspecified atom stereocenters. The van der Waals surface area contributed by atoms with Crippen LogP contribution in [0.15, 0.2) is 71.9 Å². The van der Waals surface area contributed by atoms with Gasteiger partial charge in [-0.3, -0.25) is 23.9 Å². The number of anilines is 3. The van der Waals surface area contributed by atoms with Crippen LogP contribution in [0.25, 0.3) is 22.3 Å². The van der Waals surface area contributed by atoms with Gasteiger partial charge in [0.25, 0.3) is 11.5 Å². The van der Waals surface area contributed by atoms with Crippen molar-refractivity contribution in [2.24, 2.45) is 0 Å². The van der Waals surface area contributed by atoms with Gasteiger partial charge >= 0.3 is 11.9 Å². The van der Waals surface area contributed by atoms with Crippen molar-refractivity contribution in [2.45, 2.75) is 56.9 Å². The van der Waals surface area contributed by atoms with Crippen LogP contribution in [0.4, 0.5) is 17.6 Å². The van der Waals surface area contributed by atoms with Crippen molar-refractivity contribution in [3.63, 3.8) is 0 Å². The zero-order valence-corrected chi connectivity index (χ0v) is 29.9. The number of carboxylic acid groups (broad SMARTS) is 1. The lowest BCUT2D eigenvalue weighted by atomic mass is 10.1. The number of nitrogen functional groups attached to an aromatic ring is 2. The summed E-state index contributed by atoms with van der Waals surface area (Å²) in [6.45, 7) is -0.0651. The van der Waals surface area contributed by atoms with Gasteiger partial charge in [0.2, 0.25) is 17.8 Å². The molecule has 21 nitrogen and oxygen atoms in total. The zero-order chi connectivity index (χ0) is 40.1. The summed E-state index contributed by atoms with van der Waals surface area (Å²) in [6.07, 6.45) is -0.164. The molecule has 6 aromatic rings. The largest absolute Gasteiger partial charge is 0.480 e. The number of amides is 1. The molecule has 5 heterocycles. The molecule has 0 spiro atoms. The van der Waals surface area contributed by atoms with Gasteiger partial charge in [-0.1, -0.05) is 30.3 Å². The van der Waals surface area contributed by atoms with E-state index in [0.717, 1.165) is 5.56 Å². The Morgan fingerprint density at radius 3 is 2.56 bits per heavy atom. The number of rotatable bonds is 15. The Bertz CT molecular complexity index is 2480. The summed E-state index contributed by atoms with van der Waals surface area (Å²) >= 11 is 0. The molecule has 9 N–H and O–H groups in total. The van der Waals surface area contributed by atoms with Crippen LogP contribution >= 0.6 is 0 Å². The summed E-state index contributed by atoms with van der Waals surface area (Å²) in [6, 6.07) is 14.2. The Morgan fingerprint density at radius 2 is 1.81 bits per heavy atom. The number of nitrogens with one attached hydrogen (secondary N) is 3.